The third-order valence-electron chi connectivity index (χ3n) is 2.54. The number of aliphatic carboxylic acids is 4. The van der Waals surface area contributed by atoms with Crippen LogP contribution in [0.15, 0.2) is 0 Å². The molecular weight excluding hydrogens is 407 g/mol. The van der Waals surface area contributed by atoms with E-state index < -0.39 is 56.1 Å². The molecule has 135 valence electrons. The van der Waals surface area contributed by atoms with Crippen LogP contribution in [-0.4, -0.2) is 98.3 Å². The van der Waals surface area contributed by atoms with E-state index in [1.165, 1.54) is 6.92 Å². The number of nitrogens with zero attached hydrogens (tertiary/aromatic N) is 2. The molecule has 0 aliphatic heterocycles. The number of hydrogen-bond donors (Lipinski definition) is 4. The van der Waals surface area contributed by atoms with E-state index >= 15 is 0 Å². The molecule has 0 spiro atoms. The van der Waals surface area contributed by atoms with Crippen molar-refractivity contribution in [1.29, 1.82) is 0 Å². The molecule has 1 radical (unpaired) electrons. The van der Waals surface area contributed by atoms with Crippen molar-refractivity contribution in [2.75, 3.05) is 32.7 Å². The molecule has 5 N–H and O–H groups in total. The van der Waals surface area contributed by atoms with Crippen molar-refractivity contribution in [2.24, 2.45) is 0 Å². The number of hydrogen-bond acceptors (Lipinski definition) is 7. The molecule has 0 fully saturated rings. The molecule has 0 heterocycles. The van der Waals surface area contributed by atoms with E-state index in [1.807, 2.05) is 0 Å². The predicted molar refractivity (Wildman–Crippen MR) is 70.0 cm³/mol. The average molecular weight is 426 g/mol. The second-order valence-corrected chi connectivity index (χ2v) is 4.50. The number of rotatable bonds is 11. The smallest absolute Gasteiger partial charge is 0.870 e. The van der Waals surface area contributed by atoms with Crippen molar-refractivity contribution >= 4 is 23.9 Å². The van der Waals surface area contributed by atoms with E-state index in [1.54, 1.807) is 0 Å². The molecule has 0 aromatic heterocycles. The normalized spacial score (nSPS) is 11.3. The zero-order valence-electron chi connectivity index (χ0n) is 12.2. The Bertz CT molecular complexity index is 386. The second kappa shape index (κ2) is 12.9. The van der Waals surface area contributed by atoms with Gasteiger partial charge in [-0.3, -0.25) is 29.0 Å². The quantitative estimate of drug-likeness (QED) is 0.272. The van der Waals surface area contributed by atoms with Gasteiger partial charge in [-0.05, 0) is 6.92 Å². The van der Waals surface area contributed by atoms with Gasteiger partial charge in [0.15, 0.2) is 0 Å². The molecule has 0 rings (SSSR count). The Kier molecular flexibility index (Phi) is 14.7. The van der Waals surface area contributed by atoms with E-state index in [0.29, 0.717) is 0 Å². The average Bonchev–Trinajstić information content (AvgIpc) is 2.24. The van der Waals surface area contributed by atoms with Gasteiger partial charge in [-0.1, -0.05) is 0 Å². The maximum atomic E-state index is 10.7. The topological polar surface area (TPSA) is 186 Å². The number of carboxylic acid groups (broad SMARTS) is 4. The van der Waals surface area contributed by atoms with Crippen LogP contribution in [0.4, 0.5) is 0 Å². The first-order valence-electron chi connectivity index (χ1n) is 5.95. The summed E-state index contributed by atoms with van der Waals surface area (Å²) in [6.45, 7) is -0.736. The fraction of sp³-hybridized carbons (Fsp3) is 0.636. The molecule has 0 bridgehead atoms. The summed E-state index contributed by atoms with van der Waals surface area (Å²) < 4.78 is 0. The van der Waals surface area contributed by atoms with Crippen LogP contribution in [0.2, 0.25) is 0 Å². The van der Waals surface area contributed by atoms with E-state index in [0.717, 1.165) is 9.80 Å². The van der Waals surface area contributed by atoms with Gasteiger partial charge < -0.3 is 25.9 Å². The van der Waals surface area contributed by atoms with Crippen LogP contribution in [0.3, 0.4) is 0 Å². The standard InChI is InChI=1S/C11H18N2O8.H2O.Rh/c1-7(13(5-10(18)19)6-11(20)21)2-12(3-8(14)15)4-9(16)17;;/h7H,2-6H2,1H3,(H,14,15)(H,16,17)(H,18,19)(H,20,21);1H2;/q;;+2/p-1. The molecule has 0 aromatic rings. The summed E-state index contributed by atoms with van der Waals surface area (Å²) >= 11 is 0. The minimum absolute atomic E-state index is 0. The zero-order valence-corrected chi connectivity index (χ0v) is 13.8. The predicted octanol–water partition coefficient (Wildman–Crippen LogP) is -1.86. The van der Waals surface area contributed by atoms with Gasteiger partial charge in [0.1, 0.15) is 0 Å². The van der Waals surface area contributed by atoms with Crippen LogP contribution in [0, 0.1) is 0 Å². The molecular formula is C11H19N2O9Rh+. The Balaban J connectivity index is -0.00000200. The van der Waals surface area contributed by atoms with Crippen LogP contribution in [-0.2, 0) is 38.7 Å². The Labute approximate surface area is 144 Å². The first-order valence-corrected chi connectivity index (χ1v) is 5.95. The first kappa shape index (κ1) is 26.3. The summed E-state index contributed by atoms with van der Waals surface area (Å²) in [6, 6.07) is -0.643. The summed E-state index contributed by atoms with van der Waals surface area (Å²) in [6.07, 6.45) is 0. The summed E-state index contributed by atoms with van der Waals surface area (Å²) in [4.78, 5) is 44.9. The maximum Gasteiger partial charge on any atom is 2.00 e. The molecule has 1 atom stereocenters. The van der Waals surface area contributed by atoms with Crippen LogP contribution in [0.25, 0.3) is 0 Å². The van der Waals surface area contributed by atoms with Gasteiger partial charge in [-0.2, -0.15) is 0 Å². The summed E-state index contributed by atoms with van der Waals surface area (Å²) in [5.41, 5.74) is 0. The monoisotopic (exact) mass is 426 g/mol. The Morgan fingerprint density at radius 3 is 1.35 bits per heavy atom. The van der Waals surface area contributed by atoms with E-state index in [4.69, 9.17) is 20.4 Å². The Morgan fingerprint density at radius 1 is 0.783 bits per heavy atom. The first-order chi connectivity index (χ1) is 9.61. The molecule has 0 saturated heterocycles. The number of carbonyl (C=O) groups is 4. The molecule has 12 heteroatoms. The molecule has 0 aliphatic rings. The van der Waals surface area contributed by atoms with Crippen molar-refractivity contribution in [3.8, 4) is 0 Å². The molecule has 11 nitrogen and oxygen atoms in total. The van der Waals surface area contributed by atoms with E-state index in [-0.39, 0.29) is 31.5 Å². The van der Waals surface area contributed by atoms with Gasteiger partial charge in [0, 0.05) is 12.6 Å². The van der Waals surface area contributed by atoms with Gasteiger partial charge in [0.05, 0.1) is 26.2 Å². The minimum atomic E-state index is -1.23. The molecule has 0 amide bonds. The summed E-state index contributed by atoms with van der Waals surface area (Å²) in [5, 5.41) is 34.9. The largest absolute Gasteiger partial charge is 2.00 e. The fourth-order valence-corrected chi connectivity index (χ4v) is 1.77. The van der Waals surface area contributed by atoms with Crippen molar-refractivity contribution in [1.82, 2.24) is 9.80 Å². The van der Waals surface area contributed by atoms with Crippen LogP contribution in [0.1, 0.15) is 6.92 Å². The van der Waals surface area contributed by atoms with Crippen LogP contribution >= 0.6 is 0 Å². The van der Waals surface area contributed by atoms with E-state index in [9.17, 15) is 19.2 Å². The SMILES string of the molecule is CC(CN(CC(=O)O)CC(=O)O)N(CC(=O)O)CC(=O)O.[OH-].[Rh+2]. The molecule has 0 aliphatic carbocycles. The van der Waals surface area contributed by atoms with Gasteiger partial charge in [0.2, 0.25) is 0 Å². The van der Waals surface area contributed by atoms with Crippen molar-refractivity contribution in [3.63, 3.8) is 0 Å². The van der Waals surface area contributed by atoms with Gasteiger partial charge in [0.25, 0.3) is 0 Å². The third-order valence-corrected chi connectivity index (χ3v) is 2.54. The number of carboxylic acids is 4. The van der Waals surface area contributed by atoms with Crippen molar-refractivity contribution < 1.29 is 64.6 Å². The third kappa shape index (κ3) is 13.7. The maximum absolute atomic E-state index is 10.7. The zero-order chi connectivity index (χ0) is 16.6. The van der Waals surface area contributed by atoms with Crippen LogP contribution in [0.5, 0.6) is 0 Å². The van der Waals surface area contributed by atoms with Gasteiger partial charge in [-0.15, -0.1) is 0 Å². The fourth-order valence-electron chi connectivity index (χ4n) is 1.77. The Morgan fingerprint density at radius 2 is 1.09 bits per heavy atom. The van der Waals surface area contributed by atoms with Crippen molar-refractivity contribution in [3.05, 3.63) is 0 Å². The molecule has 23 heavy (non-hydrogen) atoms. The van der Waals surface area contributed by atoms with Gasteiger partial charge in [-0.25, -0.2) is 0 Å². The summed E-state index contributed by atoms with van der Waals surface area (Å²) in [5.74, 6) is -4.92. The van der Waals surface area contributed by atoms with Crippen molar-refractivity contribution in [2.45, 2.75) is 13.0 Å². The Hall–Kier alpha value is -1.62. The van der Waals surface area contributed by atoms with Crippen LogP contribution < -0.4 is 0 Å². The summed E-state index contributed by atoms with van der Waals surface area (Å²) in [7, 11) is 0. The minimum Gasteiger partial charge on any atom is -0.870 e. The van der Waals surface area contributed by atoms with E-state index in [2.05, 4.69) is 0 Å². The molecule has 0 saturated carbocycles. The molecule has 1 unspecified atom stereocenters. The molecule has 0 aromatic carbocycles. The van der Waals surface area contributed by atoms with Gasteiger partial charge >= 0.3 is 43.4 Å². The second-order valence-electron chi connectivity index (χ2n) is 4.50.